The number of nitrogens with zero attached hydrogens (tertiary/aromatic N) is 3. The lowest BCUT2D eigenvalue weighted by Crippen LogP contribution is -2.48. The van der Waals surface area contributed by atoms with Gasteiger partial charge in [-0.25, -0.2) is 9.97 Å². The Kier molecular flexibility index (Phi) is 4.54. The molecular formula is C15H20N4O2S. The highest BCUT2D eigenvalue weighted by Crippen LogP contribution is 2.23. The Morgan fingerprint density at radius 1 is 1.41 bits per heavy atom. The Morgan fingerprint density at radius 2 is 2.18 bits per heavy atom. The van der Waals surface area contributed by atoms with Crippen molar-refractivity contribution in [3.05, 3.63) is 17.8 Å². The second-order valence-corrected chi connectivity index (χ2v) is 6.49. The zero-order valence-electron chi connectivity index (χ0n) is 12.8. The number of hydrogen-bond donors (Lipinski definition) is 1. The average Bonchev–Trinajstić information content (AvgIpc) is 2.95. The number of fused-ring (bicyclic) bond motifs is 1. The summed E-state index contributed by atoms with van der Waals surface area (Å²) in [6.07, 6.45) is 2.21. The maximum Gasteiger partial charge on any atom is 0.224 e. The van der Waals surface area contributed by atoms with E-state index in [9.17, 15) is 4.79 Å². The number of ether oxygens (including phenoxy) is 1. The molecule has 0 aliphatic carbocycles. The summed E-state index contributed by atoms with van der Waals surface area (Å²) in [6, 6.07) is 2.00. The molecule has 0 unspecified atom stereocenters. The van der Waals surface area contributed by atoms with Crippen molar-refractivity contribution in [1.82, 2.24) is 14.9 Å². The molecule has 22 heavy (non-hydrogen) atoms. The first-order valence-corrected chi connectivity index (χ1v) is 8.36. The molecule has 2 atom stereocenters. The Labute approximate surface area is 133 Å². The summed E-state index contributed by atoms with van der Waals surface area (Å²) in [5.41, 5.74) is 0. The predicted octanol–water partition coefficient (Wildman–Crippen LogP) is 2.13. The van der Waals surface area contributed by atoms with E-state index in [-0.39, 0.29) is 18.1 Å². The molecule has 3 heterocycles. The summed E-state index contributed by atoms with van der Waals surface area (Å²) in [5.74, 6) is 0.952. The number of anilines is 1. The van der Waals surface area contributed by atoms with Crippen molar-refractivity contribution in [2.75, 3.05) is 25.0 Å². The zero-order chi connectivity index (χ0) is 15.5. The molecule has 1 saturated heterocycles. The van der Waals surface area contributed by atoms with E-state index in [0.717, 1.165) is 16.0 Å². The lowest BCUT2D eigenvalue weighted by atomic mass is 10.2. The minimum absolute atomic E-state index is 0.105. The molecule has 118 valence electrons. The number of hydrogen-bond acceptors (Lipinski definition) is 6. The van der Waals surface area contributed by atoms with Crippen molar-refractivity contribution >= 4 is 33.3 Å². The van der Waals surface area contributed by atoms with Gasteiger partial charge in [0.1, 0.15) is 17.0 Å². The largest absolute Gasteiger partial charge is 0.372 e. The molecule has 0 bridgehead atoms. The highest BCUT2D eigenvalue weighted by atomic mass is 32.1. The van der Waals surface area contributed by atoms with Crippen LogP contribution in [0.25, 0.3) is 10.2 Å². The number of rotatable bonds is 4. The van der Waals surface area contributed by atoms with Gasteiger partial charge in [0.05, 0.1) is 17.6 Å². The molecule has 7 heteroatoms. The van der Waals surface area contributed by atoms with Gasteiger partial charge in [0.25, 0.3) is 0 Å². The van der Waals surface area contributed by atoms with Gasteiger partial charge in [0.2, 0.25) is 5.91 Å². The molecule has 2 aromatic rings. The summed E-state index contributed by atoms with van der Waals surface area (Å²) >= 11 is 1.58. The summed E-state index contributed by atoms with van der Waals surface area (Å²) < 4.78 is 5.65. The number of morpholine rings is 1. The number of carbonyl (C=O) groups excluding carboxylic acids is 1. The third kappa shape index (κ3) is 3.36. The number of thiophene rings is 1. The lowest BCUT2D eigenvalue weighted by molar-refractivity contribution is -0.142. The van der Waals surface area contributed by atoms with Crippen LogP contribution in [0.15, 0.2) is 17.8 Å². The first-order valence-electron chi connectivity index (χ1n) is 7.49. The maximum atomic E-state index is 12.3. The van der Waals surface area contributed by atoms with E-state index in [4.69, 9.17) is 4.74 Å². The number of nitrogens with one attached hydrogen (secondary N) is 1. The van der Waals surface area contributed by atoms with Gasteiger partial charge in [-0.15, -0.1) is 11.3 Å². The molecule has 1 aliphatic heterocycles. The Hall–Kier alpha value is -1.73. The van der Waals surface area contributed by atoms with Gasteiger partial charge in [-0.3, -0.25) is 4.79 Å². The van der Waals surface area contributed by atoms with E-state index < -0.39 is 0 Å². The Morgan fingerprint density at radius 3 is 2.95 bits per heavy atom. The first kappa shape index (κ1) is 15.2. The quantitative estimate of drug-likeness (QED) is 0.935. The standard InChI is InChI=1S/C15H20N4O2S/c1-10-7-19(8-11(2)21-10)13(20)3-5-16-14-12-4-6-22-15(12)18-9-17-14/h4,6,9-11H,3,5,7-8H2,1-2H3,(H,16,17,18)/t10-,11+. The van der Waals surface area contributed by atoms with E-state index in [2.05, 4.69) is 15.3 Å². The molecule has 0 saturated carbocycles. The van der Waals surface area contributed by atoms with Crippen LogP contribution >= 0.6 is 11.3 Å². The average molecular weight is 320 g/mol. The van der Waals surface area contributed by atoms with Gasteiger partial charge in [0, 0.05) is 26.1 Å². The summed E-state index contributed by atoms with van der Waals surface area (Å²) in [4.78, 5) is 23.6. The van der Waals surface area contributed by atoms with E-state index in [1.807, 2.05) is 30.2 Å². The van der Waals surface area contributed by atoms with Crippen LogP contribution in [0.3, 0.4) is 0 Å². The van der Waals surface area contributed by atoms with Crippen LogP contribution in [0, 0.1) is 0 Å². The van der Waals surface area contributed by atoms with Crippen molar-refractivity contribution in [3.63, 3.8) is 0 Å². The molecule has 1 N–H and O–H groups in total. The van der Waals surface area contributed by atoms with Crippen LogP contribution in [-0.2, 0) is 9.53 Å². The van der Waals surface area contributed by atoms with E-state index in [0.29, 0.717) is 26.1 Å². The monoisotopic (exact) mass is 320 g/mol. The third-order valence-electron chi connectivity index (χ3n) is 3.67. The summed E-state index contributed by atoms with van der Waals surface area (Å²) in [6.45, 7) is 5.92. The number of aromatic nitrogens is 2. The topological polar surface area (TPSA) is 67.4 Å². The van der Waals surface area contributed by atoms with E-state index in [1.165, 1.54) is 0 Å². The van der Waals surface area contributed by atoms with Crippen LogP contribution in [0.2, 0.25) is 0 Å². The van der Waals surface area contributed by atoms with Crippen LogP contribution in [0.4, 0.5) is 5.82 Å². The fourth-order valence-corrected chi connectivity index (χ4v) is 3.49. The van der Waals surface area contributed by atoms with E-state index >= 15 is 0 Å². The fraction of sp³-hybridized carbons (Fsp3) is 0.533. The predicted molar refractivity (Wildman–Crippen MR) is 87.1 cm³/mol. The van der Waals surface area contributed by atoms with Gasteiger partial charge >= 0.3 is 0 Å². The van der Waals surface area contributed by atoms with Crippen LogP contribution in [-0.4, -0.2) is 52.6 Å². The summed E-state index contributed by atoms with van der Waals surface area (Å²) in [5, 5.41) is 6.24. The molecule has 2 aromatic heterocycles. The molecule has 1 fully saturated rings. The zero-order valence-corrected chi connectivity index (χ0v) is 13.6. The van der Waals surface area contributed by atoms with Gasteiger partial charge in [-0.2, -0.15) is 0 Å². The lowest BCUT2D eigenvalue weighted by Gasteiger charge is -2.35. The first-order chi connectivity index (χ1) is 10.6. The Bertz CT molecular complexity index is 650. The normalized spacial score (nSPS) is 22.0. The Balaban J connectivity index is 1.54. The van der Waals surface area contributed by atoms with Crippen molar-refractivity contribution < 1.29 is 9.53 Å². The molecule has 6 nitrogen and oxygen atoms in total. The van der Waals surface area contributed by atoms with Crippen LogP contribution < -0.4 is 5.32 Å². The number of amides is 1. The second kappa shape index (κ2) is 6.58. The van der Waals surface area contributed by atoms with Gasteiger partial charge in [0.15, 0.2) is 0 Å². The molecule has 3 rings (SSSR count). The van der Waals surface area contributed by atoms with Crippen molar-refractivity contribution in [2.24, 2.45) is 0 Å². The molecule has 0 aromatic carbocycles. The van der Waals surface area contributed by atoms with Crippen molar-refractivity contribution in [2.45, 2.75) is 32.5 Å². The highest BCUT2D eigenvalue weighted by molar-refractivity contribution is 7.16. The molecule has 0 radical (unpaired) electrons. The van der Waals surface area contributed by atoms with Gasteiger partial charge in [-0.1, -0.05) is 0 Å². The molecule has 1 amide bonds. The molecular weight excluding hydrogens is 300 g/mol. The van der Waals surface area contributed by atoms with E-state index in [1.54, 1.807) is 17.7 Å². The second-order valence-electron chi connectivity index (χ2n) is 5.59. The van der Waals surface area contributed by atoms with Crippen LogP contribution in [0.1, 0.15) is 20.3 Å². The SMILES string of the molecule is C[C@@H]1CN(C(=O)CCNc2ncnc3sccc23)C[C@H](C)O1. The maximum absolute atomic E-state index is 12.3. The van der Waals surface area contributed by atoms with Gasteiger partial charge in [-0.05, 0) is 25.3 Å². The number of carbonyl (C=O) groups is 1. The molecule has 1 aliphatic rings. The smallest absolute Gasteiger partial charge is 0.224 e. The minimum Gasteiger partial charge on any atom is -0.372 e. The van der Waals surface area contributed by atoms with Crippen LogP contribution in [0.5, 0.6) is 0 Å². The third-order valence-corrected chi connectivity index (χ3v) is 4.49. The van der Waals surface area contributed by atoms with Crippen molar-refractivity contribution in [3.8, 4) is 0 Å². The van der Waals surface area contributed by atoms with Crippen molar-refractivity contribution in [1.29, 1.82) is 0 Å². The minimum atomic E-state index is 0.105. The highest BCUT2D eigenvalue weighted by Gasteiger charge is 2.25. The summed E-state index contributed by atoms with van der Waals surface area (Å²) in [7, 11) is 0. The van der Waals surface area contributed by atoms with Gasteiger partial charge < -0.3 is 15.0 Å². The molecule has 0 spiro atoms. The fourth-order valence-electron chi connectivity index (χ4n) is 2.76.